The first kappa shape index (κ1) is 25.1. The molecule has 196 valence electrons. The number of carbonyl (C=O) groups excluding carboxylic acids is 3. The van der Waals surface area contributed by atoms with Crippen molar-refractivity contribution >= 4 is 58.0 Å². The summed E-state index contributed by atoms with van der Waals surface area (Å²) < 4.78 is 0. The quantitative estimate of drug-likeness (QED) is 0.263. The molecule has 3 fully saturated rings. The molecular weight excluding hydrogens is 522 g/mol. The van der Waals surface area contributed by atoms with Crippen LogP contribution in [-0.4, -0.2) is 63.2 Å². The predicted octanol–water partition coefficient (Wildman–Crippen LogP) is 3.29. The summed E-state index contributed by atoms with van der Waals surface area (Å²) in [6, 6.07) is 13.3. The fourth-order valence-electron chi connectivity index (χ4n) is 5.32. The molecule has 2 aromatic carbocycles. The number of carbonyl (C=O) groups is 4. The van der Waals surface area contributed by atoms with E-state index in [0.717, 1.165) is 34.1 Å². The van der Waals surface area contributed by atoms with E-state index >= 15 is 0 Å². The van der Waals surface area contributed by atoms with Gasteiger partial charge in [-0.3, -0.25) is 19.3 Å². The van der Waals surface area contributed by atoms with E-state index in [-0.39, 0.29) is 23.3 Å². The highest BCUT2D eigenvalue weighted by Gasteiger charge is 2.54. The molecule has 0 unspecified atom stereocenters. The Bertz CT molecular complexity index is 1430. The van der Waals surface area contributed by atoms with Crippen LogP contribution < -0.4 is 10.6 Å². The second-order valence-electron chi connectivity index (χ2n) is 10.00. The van der Waals surface area contributed by atoms with Gasteiger partial charge in [0.05, 0.1) is 5.75 Å². The lowest BCUT2D eigenvalue weighted by atomic mass is 9.91. The molecule has 3 amide bonds. The number of fused-ring (bicyclic) bond motifs is 2. The molecule has 3 aliphatic heterocycles. The molecule has 0 radical (unpaired) electrons. The first-order chi connectivity index (χ1) is 18.4. The lowest BCUT2D eigenvalue weighted by Gasteiger charge is -2.49. The van der Waals surface area contributed by atoms with Crippen LogP contribution in [0.3, 0.4) is 0 Å². The van der Waals surface area contributed by atoms with Crippen LogP contribution in [0.2, 0.25) is 0 Å². The summed E-state index contributed by atoms with van der Waals surface area (Å²) in [4.78, 5) is 53.0. The topological polar surface area (TPSA) is 116 Å². The number of rotatable bonds is 8. The van der Waals surface area contributed by atoms with Gasteiger partial charge in [0.2, 0.25) is 11.8 Å². The monoisotopic (exact) mass is 549 g/mol. The van der Waals surface area contributed by atoms with E-state index in [1.165, 1.54) is 28.4 Å². The van der Waals surface area contributed by atoms with Crippen LogP contribution in [0.4, 0.5) is 0 Å². The molecule has 3 N–H and O–H groups in total. The van der Waals surface area contributed by atoms with E-state index < -0.39 is 23.3 Å². The Morgan fingerprint density at radius 1 is 1.13 bits per heavy atom. The number of nitrogens with zero attached hydrogens (tertiary/aromatic N) is 1. The zero-order valence-electron chi connectivity index (χ0n) is 20.6. The van der Waals surface area contributed by atoms with Gasteiger partial charge in [-0.15, -0.1) is 23.5 Å². The summed E-state index contributed by atoms with van der Waals surface area (Å²) in [6.07, 6.45) is 3.36. The van der Waals surface area contributed by atoms with Crippen LogP contribution in [0, 0.1) is 5.92 Å². The molecular formula is C28H27N3O5S2. The van der Waals surface area contributed by atoms with Gasteiger partial charge >= 0.3 is 5.97 Å². The smallest absolute Gasteiger partial charge is 0.352 e. The van der Waals surface area contributed by atoms with Crippen molar-refractivity contribution in [2.24, 2.45) is 5.92 Å². The van der Waals surface area contributed by atoms with Crippen LogP contribution in [0.5, 0.6) is 0 Å². The standard InChI is InChI=1S/C28H27N3O5S2/c32-22(14-37-18-8-7-16-3-1-2-4-17(16)12-18)30-23-26(34)31-24(28(35)36)21(13-38-27(23)31)20(11-15-5-6-15)19-9-10-29-25(19)33/h1-4,7-8,12,15,23,27H,5-6,9-11,13-14H2,(H,29,33)(H,30,32)(H,35,36)/b20-19+/t23-,27-/m1/s1. The van der Waals surface area contributed by atoms with E-state index in [0.29, 0.717) is 42.2 Å². The zero-order valence-corrected chi connectivity index (χ0v) is 22.2. The molecule has 6 rings (SSSR count). The van der Waals surface area contributed by atoms with Gasteiger partial charge in [-0.2, -0.15) is 0 Å². The van der Waals surface area contributed by atoms with Crippen LogP contribution >= 0.6 is 23.5 Å². The molecule has 2 atom stereocenters. The Morgan fingerprint density at radius 3 is 2.63 bits per heavy atom. The fraction of sp³-hybridized carbons (Fsp3) is 0.357. The highest BCUT2D eigenvalue weighted by atomic mass is 32.2. The van der Waals surface area contributed by atoms with Crippen molar-refractivity contribution in [2.75, 3.05) is 18.1 Å². The molecule has 1 aliphatic carbocycles. The van der Waals surface area contributed by atoms with Gasteiger partial charge in [-0.05, 0) is 65.7 Å². The Kier molecular flexibility index (Phi) is 6.69. The van der Waals surface area contributed by atoms with E-state index in [9.17, 15) is 24.3 Å². The van der Waals surface area contributed by atoms with E-state index in [1.54, 1.807) is 0 Å². The summed E-state index contributed by atoms with van der Waals surface area (Å²) in [5.74, 6) is -1.03. The maximum atomic E-state index is 13.2. The van der Waals surface area contributed by atoms with E-state index in [2.05, 4.69) is 10.6 Å². The van der Waals surface area contributed by atoms with E-state index in [4.69, 9.17) is 0 Å². The Balaban J connectivity index is 1.17. The minimum Gasteiger partial charge on any atom is -0.477 e. The first-order valence-corrected chi connectivity index (χ1v) is 14.8. The fourth-order valence-corrected chi connectivity index (χ4v) is 7.46. The molecule has 3 heterocycles. The summed E-state index contributed by atoms with van der Waals surface area (Å²) in [5.41, 5.74) is 1.96. The number of hydrogen-bond donors (Lipinski definition) is 3. The summed E-state index contributed by atoms with van der Waals surface area (Å²) >= 11 is 2.84. The normalized spacial score (nSPS) is 24.2. The lowest BCUT2D eigenvalue weighted by molar-refractivity contribution is -0.150. The highest BCUT2D eigenvalue weighted by molar-refractivity contribution is 8.00. The van der Waals surface area contributed by atoms with Gasteiger partial charge in [0.25, 0.3) is 5.91 Å². The SMILES string of the molecule is O=C(CSc1ccc2ccccc2c1)N[C@@H]1C(=O)N2C(C(=O)O)=C(/C(CC3CC3)=C3\CCNC3=O)CS[C@H]12. The first-order valence-electron chi connectivity index (χ1n) is 12.7. The van der Waals surface area contributed by atoms with Gasteiger partial charge in [0, 0.05) is 22.8 Å². The second-order valence-corrected chi connectivity index (χ2v) is 12.1. The molecule has 10 heteroatoms. The molecule has 38 heavy (non-hydrogen) atoms. The van der Waals surface area contributed by atoms with Crippen molar-refractivity contribution < 1.29 is 24.3 Å². The second kappa shape index (κ2) is 10.1. The van der Waals surface area contributed by atoms with Crippen molar-refractivity contribution in [2.45, 2.75) is 42.0 Å². The number of hydrogen-bond acceptors (Lipinski definition) is 6. The third-order valence-corrected chi connectivity index (χ3v) is 9.70. The third-order valence-electron chi connectivity index (χ3n) is 7.43. The van der Waals surface area contributed by atoms with Crippen molar-refractivity contribution in [3.05, 3.63) is 64.9 Å². The van der Waals surface area contributed by atoms with Crippen molar-refractivity contribution in [3.8, 4) is 0 Å². The average molecular weight is 550 g/mol. The largest absolute Gasteiger partial charge is 0.477 e. The lowest BCUT2D eigenvalue weighted by Crippen LogP contribution is -2.70. The number of benzene rings is 2. The van der Waals surface area contributed by atoms with Gasteiger partial charge in [0.1, 0.15) is 17.1 Å². The molecule has 0 bridgehead atoms. The number of carboxylic acid groups (broad SMARTS) is 1. The van der Waals surface area contributed by atoms with Gasteiger partial charge < -0.3 is 15.7 Å². The van der Waals surface area contributed by atoms with Gasteiger partial charge in [0.15, 0.2) is 0 Å². The Labute approximate surface area is 228 Å². The molecule has 2 aromatic rings. The minimum atomic E-state index is -1.18. The summed E-state index contributed by atoms with van der Waals surface area (Å²) in [7, 11) is 0. The Morgan fingerprint density at radius 2 is 1.92 bits per heavy atom. The number of nitrogens with one attached hydrogen (secondary N) is 2. The number of carboxylic acids is 1. The summed E-state index contributed by atoms with van der Waals surface area (Å²) in [6.45, 7) is 0.543. The number of β-lactam (4-membered cyclic amide) rings is 1. The molecule has 1 saturated carbocycles. The maximum Gasteiger partial charge on any atom is 0.352 e. The number of thioether (sulfide) groups is 2. The molecule has 0 aromatic heterocycles. The molecule has 0 spiro atoms. The molecule has 4 aliphatic rings. The number of allylic oxidation sites excluding steroid dienone is 1. The van der Waals surface area contributed by atoms with Crippen LogP contribution in [0.15, 0.2) is 69.8 Å². The van der Waals surface area contributed by atoms with Crippen molar-refractivity contribution in [3.63, 3.8) is 0 Å². The number of amides is 3. The van der Waals surface area contributed by atoms with E-state index in [1.807, 2.05) is 42.5 Å². The highest BCUT2D eigenvalue weighted by Crippen LogP contribution is 2.46. The van der Waals surface area contributed by atoms with Crippen molar-refractivity contribution in [1.29, 1.82) is 0 Å². The molecule has 8 nitrogen and oxygen atoms in total. The predicted molar refractivity (Wildman–Crippen MR) is 146 cm³/mol. The van der Waals surface area contributed by atoms with Crippen LogP contribution in [0.1, 0.15) is 25.7 Å². The van der Waals surface area contributed by atoms with Crippen molar-refractivity contribution in [1.82, 2.24) is 15.5 Å². The average Bonchev–Trinajstić information content (AvgIpc) is 3.65. The van der Waals surface area contributed by atoms with Gasteiger partial charge in [-0.25, -0.2) is 4.79 Å². The summed E-state index contributed by atoms with van der Waals surface area (Å²) in [5, 5.41) is 17.5. The Hall–Kier alpha value is -3.24. The maximum absolute atomic E-state index is 13.2. The van der Waals surface area contributed by atoms with Crippen LogP contribution in [0.25, 0.3) is 10.8 Å². The third kappa shape index (κ3) is 4.71. The van der Waals surface area contributed by atoms with Crippen LogP contribution in [-0.2, 0) is 19.2 Å². The minimum absolute atomic E-state index is 0.0439. The molecule has 2 saturated heterocycles. The zero-order chi connectivity index (χ0) is 26.4. The van der Waals surface area contributed by atoms with Gasteiger partial charge in [-0.1, -0.05) is 30.3 Å². The number of aliphatic carboxylic acids is 1.